The summed E-state index contributed by atoms with van der Waals surface area (Å²) in [4.78, 5) is 32.4. The van der Waals surface area contributed by atoms with Crippen molar-refractivity contribution >= 4 is 11.9 Å². The van der Waals surface area contributed by atoms with Gasteiger partial charge in [-0.2, -0.15) is 0 Å². The third kappa shape index (κ3) is 3.96. The average Bonchev–Trinajstić information content (AvgIpc) is 3.41. The predicted octanol–water partition coefficient (Wildman–Crippen LogP) is 2.58. The van der Waals surface area contributed by atoms with Crippen molar-refractivity contribution in [3.8, 4) is 0 Å². The van der Waals surface area contributed by atoms with Gasteiger partial charge in [0.1, 0.15) is 5.54 Å². The monoisotopic (exact) mass is 376 g/mol. The Morgan fingerprint density at radius 2 is 1.26 bits per heavy atom. The lowest BCUT2D eigenvalue weighted by Crippen LogP contribution is -2.59. The van der Waals surface area contributed by atoms with E-state index in [1.807, 2.05) is 9.80 Å². The van der Waals surface area contributed by atoms with E-state index in [0.29, 0.717) is 0 Å². The minimum atomic E-state index is -0.239. The van der Waals surface area contributed by atoms with Crippen LogP contribution in [0.1, 0.15) is 70.6 Å². The maximum absolute atomic E-state index is 13.2. The fourth-order valence-electron chi connectivity index (χ4n) is 5.61. The maximum atomic E-state index is 13.2. The number of nitrogens with one attached hydrogen (secondary N) is 1. The Labute approximate surface area is 163 Å². The Kier molecular flexibility index (Phi) is 5.90. The summed E-state index contributed by atoms with van der Waals surface area (Å²) < 4.78 is 0. The summed E-state index contributed by atoms with van der Waals surface area (Å²) in [5.41, 5.74) is -0.239. The summed E-state index contributed by atoms with van der Waals surface area (Å²) in [5, 5.41) is 3.39. The second kappa shape index (κ2) is 8.38. The molecule has 6 heteroatoms. The van der Waals surface area contributed by atoms with Crippen LogP contribution in [0.5, 0.6) is 0 Å². The summed E-state index contributed by atoms with van der Waals surface area (Å²) in [6.07, 6.45) is 12.1. The number of hydrogen-bond acceptors (Lipinski definition) is 3. The smallest absolute Gasteiger partial charge is 0.319 e. The van der Waals surface area contributed by atoms with Crippen LogP contribution in [0.25, 0.3) is 0 Å². The average molecular weight is 377 g/mol. The summed E-state index contributed by atoms with van der Waals surface area (Å²) in [7, 11) is 0. The van der Waals surface area contributed by atoms with Gasteiger partial charge in [-0.3, -0.25) is 9.69 Å². The molecule has 0 unspecified atom stereocenters. The summed E-state index contributed by atoms with van der Waals surface area (Å²) in [6.45, 7) is 5.53. The highest BCUT2D eigenvalue weighted by Gasteiger charge is 2.47. The van der Waals surface area contributed by atoms with E-state index in [2.05, 4.69) is 10.2 Å². The molecular weight excluding hydrogens is 340 g/mol. The highest BCUT2D eigenvalue weighted by atomic mass is 16.2. The van der Waals surface area contributed by atoms with Crippen molar-refractivity contribution in [2.75, 3.05) is 39.3 Å². The molecule has 3 heterocycles. The molecule has 0 aromatic rings. The third-order valence-corrected chi connectivity index (χ3v) is 7.29. The van der Waals surface area contributed by atoms with Gasteiger partial charge in [0, 0.05) is 32.2 Å². The number of carbonyl (C=O) groups excluding carboxylic acids is 2. The van der Waals surface area contributed by atoms with Gasteiger partial charge < -0.3 is 15.1 Å². The fourth-order valence-corrected chi connectivity index (χ4v) is 5.61. The minimum absolute atomic E-state index is 0.212. The van der Waals surface area contributed by atoms with Crippen molar-refractivity contribution in [3.05, 3.63) is 0 Å². The molecule has 0 aromatic carbocycles. The van der Waals surface area contributed by atoms with Crippen LogP contribution in [0.15, 0.2) is 0 Å². The van der Waals surface area contributed by atoms with E-state index >= 15 is 0 Å². The lowest BCUT2D eigenvalue weighted by Gasteiger charge is -2.40. The lowest BCUT2D eigenvalue weighted by atomic mass is 9.92. The second-order valence-corrected chi connectivity index (χ2v) is 9.00. The summed E-state index contributed by atoms with van der Waals surface area (Å²) in [5.74, 6) is 0.266. The zero-order valence-corrected chi connectivity index (χ0v) is 16.8. The zero-order chi connectivity index (χ0) is 18.7. The van der Waals surface area contributed by atoms with Crippen molar-refractivity contribution in [2.45, 2.75) is 82.2 Å². The minimum Gasteiger partial charge on any atom is -0.352 e. The SMILES string of the molecule is O=C(N1CCCCC1)N1CCC(NC(=O)C2(N3CCCC3)CCCC2)CC1. The van der Waals surface area contributed by atoms with E-state index < -0.39 is 0 Å². The quantitative estimate of drug-likeness (QED) is 0.824. The van der Waals surface area contributed by atoms with Gasteiger partial charge in [-0.05, 0) is 70.9 Å². The third-order valence-electron chi connectivity index (χ3n) is 7.29. The van der Waals surface area contributed by atoms with Crippen LogP contribution in [0, 0.1) is 0 Å². The predicted molar refractivity (Wildman–Crippen MR) is 106 cm³/mol. The van der Waals surface area contributed by atoms with Crippen molar-refractivity contribution in [1.82, 2.24) is 20.0 Å². The summed E-state index contributed by atoms with van der Waals surface area (Å²) in [6, 6.07) is 0.437. The molecule has 4 fully saturated rings. The Balaban J connectivity index is 1.29. The number of piperidine rings is 2. The van der Waals surface area contributed by atoms with Gasteiger partial charge in [-0.25, -0.2) is 4.79 Å². The van der Waals surface area contributed by atoms with Gasteiger partial charge in [0.05, 0.1) is 0 Å². The van der Waals surface area contributed by atoms with Crippen molar-refractivity contribution in [1.29, 1.82) is 0 Å². The number of likely N-dealkylation sites (tertiary alicyclic amines) is 3. The van der Waals surface area contributed by atoms with Crippen LogP contribution in [-0.4, -0.2) is 77.5 Å². The highest BCUT2D eigenvalue weighted by Crippen LogP contribution is 2.38. The number of amides is 3. The molecule has 0 aromatic heterocycles. The molecule has 3 saturated heterocycles. The molecule has 0 atom stereocenters. The van der Waals surface area contributed by atoms with Gasteiger partial charge >= 0.3 is 6.03 Å². The molecule has 4 rings (SSSR count). The standard InChI is InChI=1S/C21H36N4O2/c26-19(21(10-2-3-11-21)25-14-6-7-15-25)22-18-8-16-24(17-9-18)20(27)23-12-4-1-5-13-23/h18H,1-17H2,(H,22,26). The van der Waals surface area contributed by atoms with Crippen molar-refractivity contribution in [3.63, 3.8) is 0 Å². The van der Waals surface area contributed by atoms with E-state index in [1.54, 1.807) is 0 Å². The van der Waals surface area contributed by atoms with E-state index in [0.717, 1.165) is 77.8 Å². The second-order valence-electron chi connectivity index (χ2n) is 9.00. The Bertz CT molecular complexity index is 526. The topological polar surface area (TPSA) is 55.9 Å². The molecule has 1 aliphatic carbocycles. The Hall–Kier alpha value is -1.30. The van der Waals surface area contributed by atoms with Crippen LogP contribution in [0.2, 0.25) is 0 Å². The number of urea groups is 1. The number of hydrogen-bond donors (Lipinski definition) is 1. The van der Waals surface area contributed by atoms with Crippen LogP contribution < -0.4 is 5.32 Å². The fraction of sp³-hybridized carbons (Fsp3) is 0.905. The molecule has 3 aliphatic heterocycles. The first-order chi connectivity index (χ1) is 13.2. The molecule has 6 nitrogen and oxygen atoms in total. The largest absolute Gasteiger partial charge is 0.352 e. The molecule has 1 N–H and O–H groups in total. The van der Waals surface area contributed by atoms with E-state index in [-0.39, 0.29) is 23.5 Å². The molecule has 27 heavy (non-hydrogen) atoms. The first-order valence-corrected chi connectivity index (χ1v) is 11.3. The van der Waals surface area contributed by atoms with Gasteiger partial charge in [0.15, 0.2) is 0 Å². The molecule has 0 spiro atoms. The number of nitrogens with zero attached hydrogens (tertiary/aromatic N) is 3. The van der Waals surface area contributed by atoms with E-state index in [9.17, 15) is 9.59 Å². The number of carbonyl (C=O) groups is 2. The van der Waals surface area contributed by atoms with Gasteiger partial charge in [-0.15, -0.1) is 0 Å². The van der Waals surface area contributed by atoms with Crippen LogP contribution in [0.4, 0.5) is 4.79 Å². The van der Waals surface area contributed by atoms with E-state index in [4.69, 9.17) is 0 Å². The zero-order valence-electron chi connectivity index (χ0n) is 16.8. The van der Waals surface area contributed by atoms with Gasteiger partial charge in [0.25, 0.3) is 0 Å². The summed E-state index contributed by atoms with van der Waals surface area (Å²) >= 11 is 0. The molecule has 152 valence electrons. The van der Waals surface area contributed by atoms with Crippen molar-refractivity contribution in [2.24, 2.45) is 0 Å². The first-order valence-electron chi connectivity index (χ1n) is 11.3. The molecular formula is C21H36N4O2. The number of rotatable bonds is 3. The molecule has 4 aliphatic rings. The normalized spacial score (nSPS) is 27.1. The molecule has 0 bridgehead atoms. The lowest BCUT2D eigenvalue weighted by molar-refractivity contribution is -0.133. The Morgan fingerprint density at radius 3 is 1.89 bits per heavy atom. The first kappa shape index (κ1) is 19.0. The maximum Gasteiger partial charge on any atom is 0.319 e. The van der Waals surface area contributed by atoms with Crippen LogP contribution in [-0.2, 0) is 4.79 Å². The molecule has 3 amide bonds. The van der Waals surface area contributed by atoms with Crippen molar-refractivity contribution < 1.29 is 9.59 Å². The van der Waals surface area contributed by atoms with Gasteiger partial charge in [0.2, 0.25) is 5.91 Å². The molecule has 0 radical (unpaired) electrons. The van der Waals surface area contributed by atoms with Gasteiger partial charge in [-0.1, -0.05) is 12.8 Å². The molecule has 1 saturated carbocycles. The van der Waals surface area contributed by atoms with Crippen LogP contribution in [0.3, 0.4) is 0 Å². The Morgan fingerprint density at radius 1 is 0.704 bits per heavy atom. The van der Waals surface area contributed by atoms with Crippen LogP contribution >= 0.6 is 0 Å². The highest BCUT2D eigenvalue weighted by molar-refractivity contribution is 5.87. The van der Waals surface area contributed by atoms with E-state index in [1.165, 1.54) is 32.1 Å².